The number of carbonyl (C=O) groups excluding carboxylic acids is 6. The Labute approximate surface area is 272 Å². The molecule has 0 aromatic heterocycles. The van der Waals surface area contributed by atoms with E-state index in [1.165, 1.54) is 7.11 Å². The molecule has 6 N–H and O–H groups in total. The summed E-state index contributed by atoms with van der Waals surface area (Å²) in [5.74, 6) is -2.70. The Balaban J connectivity index is 1.56. The number of urea groups is 1. The number of amides is 6. The van der Waals surface area contributed by atoms with Gasteiger partial charge in [0.2, 0.25) is 23.6 Å². The van der Waals surface area contributed by atoms with Crippen LogP contribution in [0.5, 0.6) is 0 Å². The predicted octanol–water partition coefficient (Wildman–Crippen LogP) is 2.32. The van der Waals surface area contributed by atoms with Crippen LogP contribution in [0.1, 0.15) is 70.8 Å². The van der Waals surface area contributed by atoms with Crippen molar-refractivity contribution in [3.05, 3.63) is 29.8 Å². The van der Waals surface area contributed by atoms with Gasteiger partial charge in [0.25, 0.3) is 0 Å². The standard InChI is InChI=1S/C31H45BrN6O7/c1-18(2)27(37-28(41)24(5-4-14-34-31(33)44)35-21-8-6-19(17-32)7-9-21)29(42)36-25(39)12-13-26(40)38-22-10-11-23(38)16-20(15-22)30(43)45-3/h6-9,18,20,22-24,27,35H,4-5,10-17H2,1-3H3,(H,37,41)(H3,33,34,44)(H,36,39,42)/t20?,22?,23?,24-,27-/m0/s1. The molecule has 0 radical (unpaired) electrons. The number of nitrogens with zero attached hydrogens (tertiary/aromatic N) is 1. The summed E-state index contributed by atoms with van der Waals surface area (Å²) in [5, 5.41) is 11.5. The Kier molecular flexibility index (Phi) is 13.6. The zero-order chi connectivity index (χ0) is 33.1. The molecule has 2 bridgehead atoms. The number of carbonyl (C=O) groups is 6. The smallest absolute Gasteiger partial charge is 0.312 e. The minimum Gasteiger partial charge on any atom is -0.469 e. The number of imide groups is 1. The second-order valence-corrected chi connectivity index (χ2v) is 12.5. The lowest BCUT2D eigenvalue weighted by Crippen LogP contribution is -2.54. The van der Waals surface area contributed by atoms with Crippen LogP contribution >= 0.6 is 15.9 Å². The first-order chi connectivity index (χ1) is 21.4. The van der Waals surface area contributed by atoms with E-state index in [4.69, 9.17) is 10.5 Å². The second-order valence-electron chi connectivity index (χ2n) is 12.0. The van der Waals surface area contributed by atoms with Crippen molar-refractivity contribution in [1.82, 2.24) is 20.9 Å². The third-order valence-corrected chi connectivity index (χ3v) is 9.01. The highest BCUT2D eigenvalue weighted by Gasteiger charge is 2.45. The van der Waals surface area contributed by atoms with Gasteiger partial charge in [0.1, 0.15) is 12.1 Å². The molecule has 4 atom stereocenters. The highest BCUT2D eigenvalue weighted by Crippen LogP contribution is 2.39. The van der Waals surface area contributed by atoms with E-state index in [9.17, 15) is 28.8 Å². The lowest BCUT2D eigenvalue weighted by molar-refractivity contribution is -0.151. The lowest BCUT2D eigenvalue weighted by Gasteiger charge is -2.38. The normalized spacial score (nSPS) is 20.1. The quantitative estimate of drug-likeness (QED) is 0.105. The van der Waals surface area contributed by atoms with Crippen LogP contribution in [0, 0.1) is 11.8 Å². The number of hydrogen-bond donors (Lipinski definition) is 5. The van der Waals surface area contributed by atoms with Crippen LogP contribution in [0.2, 0.25) is 0 Å². The fraction of sp³-hybridized carbons (Fsp3) is 0.613. The molecule has 45 heavy (non-hydrogen) atoms. The van der Waals surface area contributed by atoms with Crippen molar-refractivity contribution in [1.29, 1.82) is 0 Å². The number of anilines is 1. The number of primary amides is 1. The molecule has 2 aliphatic heterocycles. The maximum Gasteiger partial charge on any atom is 0.312 e. The minimum atomic E-state index is -1.01. The summed E-state index contributed by atoms with van der Waals surface area (Å²) in [6, 6.07) is 5.00. The van der Waals surface area contributed by atoms with E-state index < -0.39 is 35.8 Å². The summed E-state index contributed by atoms with van der Waals surface area (Å²) in [4.78, 5) is 77.2. The average molecular weight is 694 g/mol. The summed E-state index contributed by atoms with van der Waals surface area (Å²) in [5.41, 5.74) is 6.91. The van der Waals surface area contributed by atoms with Crippen LogP contribution in [-0.4, -0.2) is 78.4 Å². The van der Waals surface area contributed by atoms with E-state index in [1.807, 2.05) is 24.3 Å². The number of benzene rings is 1. The van der Waals surface area contributed by atoms with Gasteiger partial charge in [-0.3, -0.25) is 29.3 Å². The first-order valence-electron chi connectivity index (χ1n) is 15.4. The number of halogens is 1. The molecule has 1 aromatic carbocycles. The van der Waals surface area contributed by atoms with E-state index >= 15 is 0 Å². The molecule has 0 aliphatic carbocycles. The predicted molar refractivity (Wildman–Crippen MR) is 171 cm³/mol. The van der Waals surface area contributed by atoms with Gasteiger partial charge in [0.05, 0.1) is 13.0 Å². The Morgan fingerprint density at radius 3 is 2.20 bits per heavy atom. The molecule has 2 aliphatic rings. The van der Waals surface area contributed by atoms with Crippen LogP contribution in [-0.2, 0) is 34.0 Å². The van der Waals surface area contributed by atoms with Gasteiger partial charge < -0.3 is 31.3 Å². The molecule has 13 nitrogen and oxygen atoms in total. The van der Waals surface area contributed by atoms with Crippen molar-refractivity contribution in [2.24, 2.45) is 17.6 Å². The van der Waals surface area contributed by atoms with Crippen LogP contribution in [0.3, 0.4) is 0 Å². The maximum absolute atomic E-state index is 13.4. The van der Waals surface area contributed by atoms with Gasteiger partial charge in [0.15, 0.2) is 0 Å². The van der Waals surface area contributed by atoms with Crippen LogP contribution in [0.25, 0.3) is 0 Å². The molecule has 2 heterocycles. The van der Waals surface area contributed by atoms with Gasteiger partial charge in [-0.2, -0.15) is 0 Å². The number of rotatable bonds is 15. The second kappa shape index (κ2) is 17.1. The molecule has 1 aromatic rings. The van der Waals surface area contributed by atoms with Crippen molar-refractivity contribution in [2.75, 3.05) is 19.0 Å². The first-order valence-corrected chi connectivity index (χ1v) is 16.5. The number of esters is 1. The Morgan fingerprint density at radius 1 is 1.00 bits per heavy atom. The molecule has 6 amide bonds. The number of nitrogens with two attached hydrogens (primary N) is 1. The van der Waals surface area contributed by atoms with E-state index in [0.29, 0.717) is 36.7 Å². The zero-order valence-electron chi connectivity index (χ0n) is 26.1. The third kappa shape index (κ3) is 10.4. The molecule has 2 unspecified atom stereocenters. The fourth-order valence-electron chi connectivity index (χ4n) is 6.04. The summed E-state index contributed by atoms with van der Waals surface area (Å²) < 4.78 is 4.89. The van der Waals surface area contributed by atoms with E-state index in [0.717, 1.165) is 18.4 Å². The molecule has 3 rings (SSSR count). The Morgan fingerprint density at radius 2 is 1.64 bits per heavy atom. The van der Waals surface area contributed by atoms with E-state index in [2.05, 4.69) is 37.2 Å². The van der Waals surface area contributed by atoms with Gasteiger partial charge in [-0.25, -0.2) is 4.79 Å². The van der Waals surface area contributed by atoms with Crippen molar-refractivity contribution in [3.8, 4) is 0 Å². The van der Waals surface area contributed by atoms with Crippen molar-refractivity contribution >= 4 is 57.2 Å². The topological polar surface area (TPSA) is 189 Å². The summed E-state index contributed by atoms with van der Waals surface area (Å²) in [6.45, 7) is 3.78. The van der Waals surface area contributed by atoms with Crippen LogP contribution < -0.4 is 27.0 Å². The molecule has 0 spiro atoms. The van der Waals surface area contributed by atoms with Gasteiger partial charge in [-0.15, -0.1) is 0 Å². The third-order valence-electron chi connectivity index (χ3n) is 8.37. The van der Waals surface area contributed by atoms with Gasteiger partial charge >= 0.3 is 12.0 Å². The molecule has 14 heteroatoms. The monoisotopic (exact) mass is 692 g/mol. The largest absolute Gasteiger partial charge is 0.469 e. The fourth-order valence-corrected chi connectivity index (χ4v) is 6.41. The maximum atomic E-state index is 13.4. The molecule has 2 saturated heterocycles. The molecule has 0 saturated carbocycles. The molecule has 248 valence electrons. The Hall–Kier alpha value is -3.68. The Bertz CT molecular complexity index is 1210. The van der Waals surface area contributed by atoms with Crippen LogP contribution in [0.15, 0.2) is 24.3 Å². The number of methoxy groups -OCH3 is 1. The van der Waals surface area contributed by atoms with Crippen molar-refractivity contribution in [2.45, 2.75) is 94.7 Å². The average Bonchev–Trinajstić information content (AvgIpc) is 3.28. The molecule has 2 fully saturated rings. The number of alkyl halides is 1. The van der Waals surface area contributed by atoms with Crippen molar-refractivity contribution < 1.29 is 33.5 Å². The van der Waals surface area contributed by atoms with Crippen molar-refractivity contribution in [3.63, 3.8) is 0 Å². The lowest BCUT2D eigenvalue weighted by atomic mass is 9.90. The highest BCUT2D eigenvalue weighted by atomic mass is 79.9. The first kappa shape index (κ1) is 35.8. The number of fused-ring (bicyclic) bond motifs is 2. The highest BCUT2D eigenvalue weighted by molar-refractivity contribution is 9.08. The summed E-state index contributed by atoms with van der Waals surface area (Å²) >= 11 is 3.41. The summed E-state index contributed by atoms with van der Waals surface area (Å²) in [7, 11) is 1.36. The van der Waals surface area contributed by atoms with Gasteiger partial charge in [-0.1, -0.05) is 41.9 Å². The SMILES string of the molecule is COC(=O)C1CC2CCC(C1)N2C(=O)CCC(=O)NC(=O)[C@@H](NC(=O)[C@H](CCCNC(N)=O)Nc1ccc(CBr)cc1)C(C)C. The van der Waals surface area contributed by atoms with Crippen LogP contribution in [0.4, 0.5) is 10.5 Å². The number of hydrogen-bond acceptors (Lipinski definition) is 8. The number of nitrogens with one attached hydrogen (secondary N) is 4. The molecular weight excluding hydrogens is 648 g/mol. The molecular formula is C31H45BrN6O7. The number of ether oxygens (including phenoxy) is 1. The van der Waals surface area contributed by atoms with Gasteiger partial charge in [-0.05, 0) is 62.1 Å². The minimum absolute atomic E-state index is 0.0546. The summed E-state index contributed by atoms with van der Waals surface area (Å²) in [6.07, 6.45) is 3.26. The zero-order valence-corrected chi connectivity index (χ0v) is 27.7. The van der Waals surface area contributed by atoms with Gasteiger partial charge in [0, 0.05) is 42.5 Å². The van der Waals surface area contributed by atoms with E-state index in [-0.39, 0.29) is 55.2 Å². The van der Waals surface area contributed by atoms with E-state index in [1.54, 1.807) is 18.7 Å². The number of piperidine rings is 1.